The normalized spacial score (nSPS) is 12.7. The maximum absolute atomic E-state index is 10.1. The molecule has 0 saturated carbocycles. The first-order chi connectivity index (χ1) is 6.81. The molecule has 0 spiro atoms. The number of hydrogen-bond donors (Lipinski definition) is 0. The maximum atomic E-state index is 10.1. The average molecular weight is 232 g/mol. The summed E-state index contributed by atoms with van der Waals surface area (Å²) in [5.74, 6) is 0. The van der Waals surface area contributed by atoms with Gasteiger partial charge in [0.2, 0.25) is 0 Å². The Bertz CT molecular complexity index is 284. The Balaban J connectivity index is 3.80. The molecule has 0 aromatic rings. The standard InChI is InChI=1S/C10H19O4P/c1-9(2)5-4-6-10(3)7-8-14-15(11,12)13/h5,7H,4,6,8H2,1-3H3,(H2,11,12,13)/p-2/b10-7-. The SMILES string of the molecule is CC(C)=CCC/C(C)=C\COP(=O)([O-])[O-]. The molecular weight excluding hydrogens is 215 g/mol. The van der Waals surface area contributed by atoms with Crippen molar-refractivity contribution >= 4 is 7.82 Å². The molecule has 0 N–H and O–H groups in total. The highest BCUT2D eigenvalue weighted by atomic mass is 31.2. The first kappa shape index (κ1) is 14.6. The van der Waals surface area contributed by atoms with Crippen LogP contribution in [0.5, 0.6) is 0 Å². The molecule has 88 valence electrons. The molecule has 0 bridgehead atoms. The summed E-state index contributed by atoms with van der Waals surface area (Å²) in [5, 5.41) is 0. The zero-order valence-corrected chi connectivity index (χ0v) is 10.3. The molecular formula is C10H17O4P-2. The molecule has 15 heavy (non-hydrogen) atoms. The van der Waals surface area contributed by atoms with Crippen LogP contribution < -0.4 is 9.79 Å². The van der Waals surface area contributed by atoms with Crippen LogP contribution in [-0.2, 0) is 9.09 Å². The Morgan fingerprint density at radius 1 is 1.27 bits per heavy atom. The molecule has 0 saturated heterocycles. The van der Waals surface area contributed by atoms with Gasteiger partial charge in [0.1, 0.15) is 0 Å². The van der Waals surface area contributed by atoms with Crippen LogP contribution in [0.3, 0.4) is 0 Å². The molecule has 0 rings (SSSR count). The fourth-order valence-electron chi connectivity index (χ4n) is 0.961. The van der Waals surface area contributed by atoms with Gasteiger partial charge in [-0.3, -0.25) is 0 Å². The van der Waals surface area contributed by atoms with Gasteiger partial charge in [0.15, 0.2) is 0 Å². The number of phosphoric acid groups is 1. The second-order valence-corrected chi connectivity index (χ2v) is 4.77. The Hall–Kier alpha value is -0.410. The van der Waals surface area contributed by atoms with E-state index in [2.05, 4.69) is 10.6 Å². The Morgan fingerprint density at radius 2 is 1.87 bits per heavy atom. The highest BCUT2D eigenvalue weighted by Crippen LogP contribution is 2.24. The second kappa shape index (κ2) is 6.96. The third kappa shape index (κ3) is 11.5. The lowest BCUT2D eigenvalue weighted by molar-refractivity contribution is -0.340. The zero-order chi connectivity index (χ0) is 11.9. The summed E-state index contributed by atoms with van der Waals surface area (Å²) in [4.78, 5) is 20.3. The van der Waals surface area contributed by atoms with Crippen LogP contribution >= 0.6 is 7.82 Å². The fourth-order valence-corrected chi connectivity index (χ4v) is 1.22. The van der Waals surface area contributed by atoms with Gasteiger partial charge in [-0.25, -0.2) is 0 Å². The van der Waals surface area contributed by atoms with Gasteiger partial charge in [0, 0.05) is 0 Å². The maximum Gasteiger partial charge on any atom is 0.0702 e. The summed E-state index contributed by atoms with van der Waals surface area (Å²) >= 11 is 0. The van der Waals surface area contributed by atoms with Crippen LogP contribution in [0.15, 0.2) is 23.3 Å². The first-order valence-electron chi connectivity index (χ1n) is 4.77. The van der Waals surface area contributed by atoms with E-state index in [9.17, 15) is 14.4 Å². The predicted octanol–water partition coefficient (Wildman–Crippen LogP) is 1.52. The molecule has 0 heterocycles. The number of hydrogen-bond acceptors (Lipinski definition) is 4. The topological polar surface area (TPSA) is 72.4 Å². The number of allylic oxidation sites excluding steroid dienone is 3. The van der Waals surface area contributed by atoms with Gasteiger partial charge in [-0.15, -0.1) is 0 Å². The third-order valence-electron chi connectivity index (χ3n) is 1.76. The zero-order valence-electron chi connectivity index (χ0n) is 9.36. The van der Waals surface area contributed by atoms with Gasteiger partial charge in [-0.05, 0) is 33.6 Å². The molecule has 0 atom stereocenters. The molecule has 0 aliphatic heterocycles. The minimum Gasteiger partial charge on any atom is -0.790 e. The lowest BCUT2D eigenvalue weighted by atomic mass is 10.1. The third-order valence-corrected chi connectivity index (χ3v) is 2.22. The lowest BCUT2D eigenvalue weighted by Gasteiger charge is -2.27. The summed E-state index contributed by atoms with van der Waals surface area (Å²) in [6.45, 7) is 5.76. The summed E-state index contributed by atoms with van der Waals surface area (Å²) < 4.78 is 14.2. The molecule has 0 amide bonds. The van der Waals surface area contributed by atoms with Crippen LogP contribution in [0.25, 0.3) is 0 Å². The van der Waals surface area contributed by atoms with Gasteiger partial charge in [-0.2, -0.15) is 0 Å². The lowest BCUT2D eigenvalue weighted by Crippen LogP contribution is -2.16. The predicted molar refractivity (Wildman–Crippen MR) is 56.0 cm³/mol. The molecule has 0 aliphatic carbocycles. The summed E-state index contributed by atoms with van der Waals surface area (Å²) in [6.07, 6.45) is 5.47. The van der Waals surface area contributed by atoms with E-state index in [1.165, 1.54) is 5.57 Å². The van der Waals surface area contributed by atoms with E-state index < -0.39 is 7.82 Å². The van der Waals surface area contributed by atoms with Crippen LogP contribution in [0.2, 0.25) is 0 Å². The molecule has 0 aromatic heterocycles. The van der Waals surface area contributed by atoms with E-state index in [1.54, 1.807) is 6.08 Å². The van der Waals surface area contributed by atoms with Crippen molar-refractivity contribution in [2.45, 2.75) is 33.6 Å². The summed E-state index contributed by atoms with van der Waals surface area (Å²) in [6, 6.07) is 0. The number of phosphoric ester groups is 1. The molecule has 0 aromatic carbocycles. The highest BCUT2D eigenvalue weighted by molar-refractivity contribution is 7.43. The molecule has 0 fully saturated rings. The minimum absolute atomic E-state index is 0.162. The average Bonchev–Trinajstić information content (AvgIpc) is 2.00. The van der Waals surface area contributed by atoms with Crippen molar-refractivity contribution in [3.63, 3.8) is 0 Å². The molecule has 0 unspecified atom stereocenters. The van der Waals surface area contributed by atoms with Crippen molar-refractivity contribution in [2.24, 2.45) is 0 Å². The van der Waals surface area contributed by atoms with Crippen molar-refractivity contribution in [1.82, 2.24) is 0 Å². The van der Waals surface area contributed by atoms with Crippen LogP contribution in [-0.4, -0.2) is 6.61 Å². The highest BCUT2D eigenvalue weighted by Gasteiger charge is 1.91. The molecule has 5 heteroatoms. The molecule has 4 nitrogen and oxygen atoms in total. The van der Waals surface area contributed by atoms with E-state index in [-0.39, 0.29) is 6.61 Å². The van der Waals surface area contributed by atoms with Gasteiger partial charge >= 0.3 is 0 Å². The van der Waals surface area contributed by atoms with Crippen molar-refractivity contribution in [3.05, 3.63) is 23.3 Å². The first-order valence-corrected chi connectivity index (χ1v) is 6.23. The van der Waals surface area contributed by atoms with Gasteiger partial charge in [0.05, 0.1) is 14.4 Å². The quantitative estimate of drug-likeness (QED) is 0.514. The van der Waals surface area contributed by atoms with Crippen molar-refractivity contribution in [1.29, 1.82) is 0 Å². The summed E-state index contributed by atoms with van der Waals surface area (Å²) in [5.41, 5.74) is 2.27. The smallest absolute Gasteiger partial charge is 0.0702 e. The number of rotatable bonds is 6. The fraction of sp³-hybridized carbons (Fsp3) is 0.600. The van der Waals surface area contributed by atoms with E-state index >= 15 is 0 Å². The van der Waals surface area contributed by atoms with E-state index in [4.69, 9.17) is 0 Å². The summed E-state index contributed by atoms with van der Waals surface area (Å²) in [7, 11) is -4.82. The molecule has 0 radical (unpaired) electrons. The van der Waals surface area contributed by atoms with Crippen molar-refractivity contribution in [3.8, 4) is 0 Å². The monoisotopic (exact) mass is 232 g/mol. The van der Waals surface area contributed by atoms with Crippen molar-refractivity contribution < 1.29 is 18.9 Å². The molecule has 0 aliphatic rings. The Morgan fingerprint density at radius 3 is 2.33 bits per heavy atom. The van der Waals surface area contributed by atoms with Gasteiger partial charge < -0.3 is 18.9 Å². The van der Waals surface area contributed by atoms with E-state index in [0.717, 1.165) is 18.4 Å². The Labute approximate surface area is 90.9 Å². The van der Waals surface area contributed by atoms with E-state index in [0.29, 0.717) is 0 Å². The van der Waals surface area contributed by atoms with Crippen molar-refractivity contribution in [2.75, 3.05) is 6.61 Å². The van der Waals surface area contributed by atoms with E-state index in [1.807, 2.05) is 20.8 Å². The van der Waals surface area contributed by atoms with Gasteiger partial charge in [0.25, 0.3) is 0 Å². The Kier molecular flexibility index (Phi) is 6.77. The van der Waals surface area contributed by atoms with Crippen LogP contribution in [0, 0.1) is 0 Å². The largest absolute Gasteiger partial charge is 0.790 e. The van der Waals surface area contributed by atoms with Crippen LogP contribution in [0.4, 0.5) is 0 Å². The second-order valence-electron chi connectivity index (χ2n) is 3.61. The van der Waals surface area contributed by atoms with Gasteiger partial charge in [-0.1, -0.05) is 23.3 Å². The van der Waals surface area contributed by atoms with Crippen LogP contribution in [0.1, 0.15) is 33.6 Å². The minimum atomic E-state index is -4.82.